The SMILES string of the molecule is N#Cc1ccc(OCC(=O)NNC(=O)C23C[C@H]4C[C@@H](CC(Cl)(C4)C2)C3)cc1. The van der Waals surface area contributed by atoms with Crippen LogP contribution in [0.25, 0.3) is 0 Å². The Balaban J connectivity index is 1.29. The fourth-order valence-electron chi connectivity index (χ4n) is 5.49. The summed E-state index contributed by atoms with van der Waals surface area (Å²) in [6.45, 7) is -0.218. The lowest BCUT2D eigenvalue weighted by molar-refractivity contribution is -0.147. The molecular weight excluding hydrogens is 366 g/mol. The number of nitrogens with zero attached hydrogens (tertiary/aromatic N) is 1. The summed E-state index contributed by atoms with van der Waals surface area (Å²) >= 11 is 6.76. The van der Waals surface area contributed by atoms with E-state index in [0.29, 0.717) is 29.6 Å². The van der Waals surface area contributed by atoms with Gasteiger partial charge in [0.2, 0.25) is 5.91 Å². The fourth-order valence-corrected chi connectivity index (χ4v) is 6.18. The standard InChI is InChI=1S/C20H22ClN3O3/c21-20-8-14-5-15(9-20)7-19(6-14,12-20)18(26)24-23-17(25)11-27-16-3-1-13(10-22)2-4-16/h1-4,14-15H,5-9,11-12H2,(H,23,25)(H,24,26)/t14-,15-,19?,20?/m1/s1. The zero-order chi connectivity index (χ0) is 19.1. The van der Waals surface area contributed by atoms with Crippen LogP contribution in [0.5, 0.6) is 5.75 Å². The van der Waals surface area contributed by atoms with Gasteiger partial charge in [-0.25, -0.2) is 0 Å². The summed E-state index contributed by atoms with van der Waals surface area (Å²) in [5.41, 5.74) is 5.11. The molecule has 27 heavy (non-hydrogen) atoms. The highest BCUT2D eigenvalue weighted by Gasteiger charge is 2.60. The Kier molecular flexibility index (Phi) is 4.51. The molecule has 7 heteroatoms. The van der Waals surface area contributed by atoms with Gasteiger partial charge in [0.25, 0.3) is 5.91 Å². The first kappa shape index (κ1) is 18.1. The highest BCUT2D eigenvalue weighted by atomic mass is 35.5. The molecule has 5 rings (SSSR count). The van der Waals surface area contributed by atoms with Crippen molar-refractivity contribution in [2.24, 2.45) is 17.3 Å². The van der Waals surface area contributed by atoms with E-state index in [1.165, 1.54) is 6.42 Å². The van der Waals surface area contributed by atoms with E-state index in [0.717, 1.165) is 25.7 Å². The summed E-state index contributed by atoms with van der Waals surface area (Å²) in [4.78, 5) is 24.6. The number of benzene rings is 1. The summed E-state index contributed by atoms with van der Waals surface area (Å²) < 4.78 is 5.37. The van der Waals surface area contributed by atoms with Crippen molar-refractivity contribution in [2.75, 3.05) is 6.61 Å². The predicted octanol–water partition coefficient (Wildman–Crippen LogP) is 2.66. The van der Waals surface area contributed by atoms with Gasteiger partial charge in [0.15, 0.2) is 6.61 Å². The van der Waals surface area contributed by atoms with Gasteiger partial charge >= 0.3 is 0 Å². The largest absolute Gasteiger partial charge is 0.484 e. The topological polar surface area (TPSA) is 91.2 Å². The number of halogens is 1. The highest BCUT2D eigenvalue weighted by Crippen LogP contribution is 2.63. The van der Waals surface area contributed by atoms with Crippen molar-refractivity contribution in [2.45, 2.75) is 43.4 Å². The number of ether oxygens (including phenoxy) is 1. The van der Waals surface area contributed by atoms with E-state index in [2.05, 4.69) is 10.9 Å². The average Bonchev–Trinajstić information content (AvgIpc) is 2.62. The van der Waals surface area contributed by atoms with Gasteiger partial charge in [-0.05, 0) is 74.6 Å². The summed E-state index contributed by atoms with van der Waals surface area (Å²) in [6, 6.07) is 8.50. The number of nitriles is 1. The first-order chi connectivity index (χ1) is 12.9. The van der Waals surface area contributed by atoms with Crippen molar-refractivity contribution in [1.82, 2.24) is 10.9 Å². The number of nitrogens with one attached hydrogen (secondary N) is 2. The third-order valence-corrected chi connectivity index (χ3v) is 6.58. The lowest BCUT2D eigenvalue weighted by Crippen LogP contribution is -2.60. The smallest absolute Gasteiger partial charge is 0.276 e. The molecule has 2 N–H and O–H groups in total. The van der Waals surface area contributed by atoms with Crippen molar-refractivity contribution < 1.29 is 14.3 Å². The highest BCUT2D eigenvalue weighted by molar-refractivity contribution is 6.24. The molecule has 142 valence electrons. The van der Waals surface area contributed by atoms with E-state index in [1.54, 1.807) is 24.3 Å². The zero-order valence-corrected chi connectivity index (χ0v) is 15.7. The Hall–Kier alpha value is -2.26. The number of hydrogen-bond donors (Lipinski definition) is 2. The molecule has 4 bridgehead atoms. The second-order valence-corrected chi connectivity index (χ2v) is 9.12. The summed E-state index contributed by atoms with van der Waals surface area (Å²) in [7, 11) is 0. The molecule has 4 saturated carbocycles. The molecule has 4 aliphatic carbocycles. The van der Waals surface area contributed by atoms with Crippen LogP contribution in [0.4, 0.5) is 0 Å². The Morgan fingerprint density at radius 3 is 2.41 bits per heavy atom. The Morgan fingerprint density at radius 2 is 1.81 bits per heavy atom. The normalized spacial score (nSPS) is 33.2. The predicted molar refractivity (Wildman–Crippen MR) is 98.6 cm³/mol. The summed E-state index contributed by atoms with van der Waals surface area (Å²) in [5.74, 6) is 0.960. The van der Waals surface area contributed by atoms with Crippen LogP contribution in [0.3, 0.4) is 0 Å². The molecule has 6 nitrogen and oxygen atoms in total. The third kappa shape index (κ3) is 3.61. The van der Waals surface area contributed by atoms with Crippen LogP contribution in [0.2, 0.25) is 0 Å². The van der Waals surface area contributed by atoms with Crippen LogP contribution in [-0.2, 0) is 9.59 Å². The Morgan fingerprint density at radius 1 is 1.15 bits per heavy atom. The molecule has 0 heterocycles. The van der Waals surface area contributed by atoms with Crippen LogP contribution in [0.15, 0.2) is 24.3 Å². The second-order valence-electron chi connectivity index (χ2n) is 8.32. The average molecular weight is 388 g/mol. The number of hydrogen-bond acceptors (Lipinski definition) is 4. The van der Waals surface area contributed by atoms with E-state index in [-0.39, 0.29) is 17.4 Å². The lowest BCUT2D eigenvalue weighted by Gasteiger charge is -2.59. The Bertz CT molecular complexity index is 788. The minimum atomic E-state index is -0.451. The van der Waals surface area contributed by atoms with Gasteiger partial charge in [0.05, 0.1) is 17.0 Å². The monoisotopic (exact) mass is 387 g/mol. The van der Waals surface area contributed by atoms with E-state index in [4.69, 9.17) is 21.6 Å². The van der Waals surface area contributed by atoms with Gasteiger partial charge in [-0.15, -0.1) is 11.6 Å². The van der Waals surface area contributed by atoms with E-state index in [1.807, 2.05) is 6.07 Å². The van der Waals surface area contributed by atoms with Crippen molar-refractivity contribution in [3.8, 4) is 11.8 Å². The first-order valence-corrected chi connectivity index (χ1v) is 9.69. The van der Waals surface area contributed by atoms with Crippen LogP contribution in [-0.4, -0.2) is 23.3 Å². The molecule has 2 amide bonds. The molecule has 0 saturated heterocycles. The first-order valence-electron chi connectivity index (χ1n) is 9.31. The van der Waals surface area contributed by atoms with Crippen LogP contribution >= 0.6 is 11.6 Å². The van der Waals surface area contributed by atoms with Gasteiger partial charge in [-0.1, -0.05) is 0 Å². The van der Waals surface area contributed by atoms with E-state index >= 15 is 0 Å². The number of amides is 2. The van der Waals surface area contributed by atoms with Gasteiger partial charge in [0, 0.05) is 4.87 Å². The maximum Gasteiger partial charge on any atom is 0.276 e. The van der Waals surface area contributed by atoms with Crippen molar-refractivity contribution in [3.05, 3.63) is 29.8 Å². The zero-order valence-electron chi connectivity index (χ0n) is 15.0. The fraction of sp³-hybridized carbons (Fsp3) is 0.550. The van der Waals surface area contributed by atoms with Gasteiger partial charge in [0.1, 0.15) is 5.75 Å². The molecule has 0 radical (unpaired) electrons. The molecule has 0 spiro atoms. The lowest BCUT2D eigenvalue weighted by atomic mass is 9.49. The van der Waals surface area contributed by atoms with E-state index < -0.39 is 11.3 Å². The second kappa shape index (κ2) is 6.72. The van der Waals surface area contributed by atoms with Crippen molar-refractivity contribution >= 4 is 23.4 Å². The third-order valence-electron chi connectivity index (χ3n) is 6.14. The molecule has 1 aromatic rings. The summed E-state index contributed by atoms with van der Waals surface area (Å²) in [6.07, 6.45) is 5.60. The molecule has 1 aromatic carbocycles. The van der Waals surface area contributed by atoms with Gasteiger partial charge < -0.3 is 4.74 Å². The number of hydrazine groups is 1. The van der Waals surface area contributed by atoms with Crippen molar-refractivity contribution in [1.29, 1.82) is 5.26 Å². The maximum atomic E-state index is 12.8. The maximum absolute atomic E-state index is 12.8. The molecule has 0 unspecified atom stereocenters. The van der Waals surface area contributed by atoms with Crippen LogP contribution < -0.4 is 15.6 Å². The molecule has 0 aliphatic heterocycles. The van der Waals surface area contributed by atoms with Gasteiger partial charge in [-0.3, -0.25) is 20.4 Å². The quantitative estimate of drug-likeness (QED) is 0.613. The summed E-state index contributed by atoms with van der Waals surface area (Å²) in [5, 5.41) is 8.77. The molecular formula is C20H22ClN3O3. The van der Waals surface area contributed by atoms with Gasteiger partial charge in [-0.2, -0.15) is 5.26 Å². The molecule has 2 atom stereocenters. The minimum absolute atomic E-state index is 0.131. The minimum Gasteiger partial charge on any atom is -0.484 e. The number of carbonyl (C=O) groups excluding carboxylic acids is 2. The van der Waals surface area contributed by atoms with E-state index in [9.17, 15) is 9.59 Å². The van der Waals surface area contributed by atoms with Crippen LogP contribution in [0.1, 0.15) is 44.1 Å². The number of rotatable bonds is 4. The van der Waals surface area contributed by atoms with Crippen molar-refractivity contribution in [3.63, 3.8) is 0 Å². The number of carbonyl (C=O) groups is 2. The molecule has 0 aromatic heterocycles. The molecule has 4 aliphatic rings. The Labute approximate surface area is 163 Å². The molecule has 4 fully saturated rings. The number of alkyl halides is 1. The van der Waals surface area contributed by atoms with Crippen LogP contribution in [0, 0.1) is 28.6 Å².